The maximum absolute atomic E-state index is 14.4. The van der Waals surface area contributed by atoms with E-state index >= 15 is 0 Å². The smallest absolute Gasteiger partial charge is 0.414 e. The van der Waals surface area contributed by atoms with Crippen LogP contribution in [0.4, 0.5) is 20.6 Å². The first-order valence-electron chi connectivity index (χ1n) is 9.25. The van der Waals surface area contributed by atoms with E-state index in [1.165, 1.54) is 17.9 Å². The summed E-state index contributed by atoms with van der Waals surface area (Å²) in [7, 11) is 1.80. The number of nitrogens with one attached hydrogen (secondary N) is 1. The molecule has 0 radical (unpaired) electrons. The molecule has 0 aliphatic carbocycles. The molecule has 3 rings (SSSR count). The number of ether oxygens (including phenoxy) is 2. The van der Waals surface area contributed by atoms with Crippen molar-refractivity contribution in [2.75, 3.05) is 56.2 Å². The van der Waals surface area contributed by atoms with Crippen LogP contribution in [0, 0.1) is 5.82 Å². The number of amides is 1. The number of rotatable bonds is 4. The van der Waals surface area contributed by atoms with Crippen LogP contribution in [0.25, 0.3) is 0 Å². The number of benzene rings is 1. The fourth-order valence-electron chi connectivity index (χ4n) is 2.79. The summed E-state index contributed by atoms with van der Waals surface area (Å²) in [6.45, 7) is 9.00. The molecule has 27 heavy (non-hydrogen) atoms. The summed E-state index contributed by atoms with van der Waals surface area (Å²) in [5, 5.41) is 2.97. The Morgan fingerprint density at radius 3 is 2.48 bits per heavy atom. The zero-order valence-corrected chi connectivity index (χ0v) is 16.5. The second-order valence-corrected chi connectivity index (χ2v) is 5.64. The van der Waals surface area contributed by atoms with Crippen molar-refractivity contribution < 1.29 is 23.5 Å². The number of carbonyl (C=O) groups is 2. The normalized spacial score (nSPS) is 18.7. The Hall–Kier alpha value is -2.19. The average Bonchev–Trinajstić information content (AvgIpc) is 3.05. The maximum atomic E-state index is 14.4. The average molecular weight is 383 g/mol. The van der Waals surface area contributed by atoms with E-state index in [9.17, 15) is 9.18 Å². The van der Waals surface area contributed by atoms with Crippen molar-refractivity contribution in [1.29, 1.82) is 0 Å². The molecule has 2 aliphatic heterocycles. The Kier molecular flexibility index (Phi) is 10.4. The molecule has 0 aromatic heterocycles. The Bertz CT molecular complexity index is 594. The largest absolute Gasteiger partial charge is 0.443 e. The van der Waals surface area contributed by atoms with E-state index in [0.29, 0.717) is 50.8 Å². The molecule has 0 bridgehead atoms. The summed E-state index contributed by atoms with van der Waals surface area (Å²) >= 11 is 0. The third kappa shape index (κ3) is 6.48. The molecule has 8 heteroatoms. The number of halogens is 1. The number of nitrogens with zero attached hydrogens (tertiary/aromatic N) is 2. The lowest BCUT2D eigenvalue weighted by molar-refractivity contribution is -0.106. The van der Waals surface area contributed by atoms with Gasteiger partial charge in [-0.25, -0.2) is 9.18 Å². The lowest BCUT2D eigenvalue weighted by atomic mass is 10.2. The highest BCUT2D eigenvalue weighted by molar-refractivity contribution is 5.90. The van der Waals surface area contributed by atoms with Gasteiger partial charge in [0.25, 0.3) is 0 Å². The molecule has 2 fully saturated rings. The van der Waals surface area contributed by atoms with Crippen LogP contribution < -0.4 is 15.1 Å². The van der Waals surface area contributed by atoms with Gasteiger partial charge < -0.3 is 24.5 Å². The van der Waals surface area contributed by atoms with Gasteiger partial charge in [0, 0.05) is 19.6 Å². The predicted molar refractivity (Wildman–Crippen MR) is 104 cm³/mol. The fraction of sp³-hybridized carbons (Fsp3) is 0.579. The van der Waals surface area contributed by atoms with Crippen LogP contribution in [0.3, 0.4) is 0 Å². The van der Waals surface area contributed by atoms with E-state index in [1.54, 1.807) is 19.2 Å². The number of carbonyl (C=O) groups excluding carboxylic acids is 2. The van der Waals surface area contributed by atoms with Gasteiger partial charge in [-0.3, -0.25) is 4.90 Å². The molecule has 1 unspecified atom stereocenters. The van der Waals surface area contributed by atoms with Gasteiger partial charge in [-0.1, -0.05) is 13.8 Å². The molecule has 1 atom stereocenters. The molecule has 1 amide bonds. The van der Waals surface area contributed by atoms with E-state index in [2.05, 4.69) is 5.32 Å². The lowest BCUT2D eigenvalue weighted by Crippen LogP contribution is -2.36. The number of hydrogen-bond acceptors (Lipinski definition) is 6. The molecule has 2 aliphatic rings. The first kappa shape index (κ1) is 22.9. The number of aldehydes is 1. The summed E-state index contributed by atoms with van der Waals surface area (Å²) in [6, 6.07) is 4.87. The highest BCUT2D eigenvalue weighted by atomic mass is 19.1. The highest BCUT2D eigenvalue weighted by Crippen LogP contribution is 2.28. The van der Waals surface area contributed by atoms with E-state index in [4.69, 9.17) is 14.3 Å². The van der Waals surface area contributed by atoms with Crippen molar-refractivity contribution in [1.82, 2.24) is 5.32 Å². The van der Waals surface area contributed by atoms with Gasteiger partial charge in [-0.15, -0.1) is 0 Å². The van der Waals surface area contributed by atoms with Crippen LogP contribution in [0.2, 0.25) is 0 Å². The summed E-state index contributed by atoms with van der Waals surface area (Å²) in [5.41, 5.74) is 1.07. The van der Waals surface area contributed by atoms with Gasteiger partial charge in [0.05, 0.1) is 31.1 Å². The van der Waals surface area contributed by atoms with Crippen LogP contribution in [-0.2, 0) is 14.3 Å². The minimum atomic E-state index is -0.432. The van der Waals surface area contributed by atoms with E-state index in [0.717, 1.165) is 6.29 Å². The van der Waals surface area contributed by atoms with Gasteiger partial charge in [-0.05, 0) is 32.2 Å². The van der Waals surface area contributed by atoms with Gasteiger partial charge in [0.1, 0.15) is 18.2 Å². The van der Waals surface area contributed by atoms with Crippen molar-refractivity contribution in [2.24, 2.45) is 0 Å². The van der Waals surface area contributed by atoms with Crippen LogP contribution in [0.1, 0.15) is 20.8 Å². The number of cyclic esters (lactones) is 1. The summed E-state index contributed by atoms with van der Waals surface area (Å²) in [5.74, 6) is -0.329. The fourth-order valence-corrected chi connectivity index (χ4v) is 2.79. The summed E-state index contributed by atoms with van der Waals surface area (Å²) in [4.78, 5) is 24.1. The van der Waals surface area contributed by atoms with Crippen LogP contribution in [-0.4, -0.2) is 64.9 Å². The molecule has 1 N–H and O–H groups in total. The molecule has 0 spiro atoms. The number of anilines is 2. The topological polar surface area (TPSA) is 71.1 Å². The van der Waals surface area contributed by atoms with Crippen molar-refractivity contribution in [2.45, 2.75) is 26.9 Å². The SMILES string of the molecule is CC.CC=O.CNCC1CN(c2ccc(N3CCOCC3)c(F)c2)C(=O)O1. The molecular formula is C19H30FN3O4. The zero-order valence-electron chi connectivity index (χ0n) is 16.5. The highest BCUT2D eigenvalue weighted by Gasteiger charge is 2.32. The third-order valence-electron chi connectivity index (χ3n) is 3.90. The van der Waals surface area contributed by atoms with E-state index in [-0.39, 0.29) is 11.9 Å². The molecule has 1 aromatic carbocycles. The van der Waals surface area contributed by atoms with Gasteiger partial charge in [0.2, 0.25) is 0 Å². The molecule has 7 nitrogen and oxygen atoms in total. The minimum absolute atomic E-state index is 0.209. The van der Waals surface area contributed by atoms with Crippen molar-refractivity contribution in [3.05, 3.63) is 24.0 Å². The Morgan fingerprint density at radius 2 is 1.93 bits per heavy atom. The van der Waals surface area contributed by atoms with Crippen LogP contribution >= 0.6 is 0 Å². The van der Waals surface area contributed by atoms with Crippen molar-refractivity contribution in [3.8, 4) is 0 Å². The monoisotopic (exact) mass is 383 g/mol. The van der Waals surface area contributed by atoms with E-state index in [1.807, 2.05) is 18.7 Å². The van der Waals surface area contributed by atoms with Crippen LogP contribution in [0.5, 0.6) is 0 Å². The Morgan fingerprint density at radius 1 is 1.30 bits per heavy atom. The Labute approximate surface area is 160 Å². The van der Waals surface area contributed by atoms with Crippen molar-refractivity contribution >= 4 is 23.8 Å². The zero-order chi connectivity index (χ0) is 20.2. The first-order valence-corrected chi connectivity index (χ1v) is 9.25. The summed E-state index contributed by atoms with van der Waals surface area (Å²) < 4.78 is 24.9. The van der Waals surface area contributed by atoms with Crippen molar-refractivity contribution in [3.63, 3.8) is 0 Å². The third-order valence-corrected chi connectivity index (χ3v) is 3.90. The summed E-state index contributed by atoms with van der Waals surface area (Å²) in [6.07, 6.45) is 0.109. The van der Waals surface area contributed by atoms with Gasteiger partial charge >= 0.3 is 6.09 Å². The van der Waals surface area contributed by atoms with Gasteiger partial charge in [0.15, 0.2) is 0 Å². The standard InChI is InChI=1S/C15H20FN3O3.C2H4O.C2H6/c1-17-9-12-10-19(15(20)22-12)11-2-3-14(13(16)8-11)18-4-6-21-7-5-18;1-2-3;1-2/h2-3,8,12,17H,4-7,9-10H2,1H3;2H,1H3;1-2H3. The minimum Gasteiger partial charge on any atom is -0.443 e. The number of hydrogen-bond donors (Lipinski definition) is 1. The molecule has 152 valence electrons. The van der Waals surface area contributed by atoms with Crippen LogP contribution in [0.15, 0.2) is 18.2 Å². The first-order chi connectivity index (χ1) is 13.1. The predicted octanol–water partition coefficient (Wildman–Crippen LogP) is 2.44. The molecule has 1 aromatic rings. The number of likely N-dealkylation sites (N-methyl/N-ethyl adjacent to an activating group) is 1. The van der Waals surface area contributed by atoms with Gasteiger partial charge in [-0.2, -0.15) is 0 Å². The van der Waals surface area contributed by atoms with E-state index < -0.39 is 6.09 Å². The molecule has 2 heterocycles. The quantitative estimate of drug-likeness (QED) is 0.806. The molecule has 0 saturated carbocycles. The second kappa shape index (κ2) is 12.2. The number of morpholine rings is 1. The Balaban J connectivity index is 0.000000665. The molecular weight excluding hydrogens is 353 g/mol. The molecule has 2 saturated heterocycles. The second-order valence-electron chi connectivity index (χ2n) is 5.64. The maximum Gasteiger partial charge on any atom is 0.414 e. The lowest BCUT2D eigenvalue weighted by Gasteiger charge is -2.29.